The summed E-state index contributed by atoms with van der Waals surface area (Å²) in [7, 11) is 0. The van der Waals surface area contributed by atoms with Gasteiger partial charge in [0.05, 0.1) is 19.3 Å². The molecule has 0 bridgehead atoms. The van der Waals surface area contributed by atoms with E-state index in [9.17, 15) is 0 Å². The van der Waals surface area contributed by atoms with Crippen molar-refractivity contribution < 1.29 is 9.47 Å². The van der Waals surface area contributed by atoms with Crippen molar-refractivity contribution in [2.45, 2.75) is 45.1 Å². The standard InChI is InChI=1S/C22H34N6O2/c1-22(2,3)17-8-6-16(7-9-17)19-26-20(24-11-14-29-13-10-23)28-21(27-19)25-15-18-5-4-12-30-18/h6-9,18H,4-5,10-15,23H2,1-3H3,(H2,24,25,26,27,28). The van der Waals surface area contributed by atoms with E-state index < -0.39 is 0 Å². The SMILES string of the molecule is CC(C)(C)c1ccc(-c2nc(NCCOCCN)nc(NCC3CCCO3)n2)cc1. The second-order valence-corrected chi connectivity index (χ2v) is 8.48. The second-order valence-electron chi connectivity index (χ2n) is 8.48. The third-order valence-corrected chi connectivity index (χ3v) is 4.95. The zero-order chi connectivity index (χ0) is 21.4. The summed E-state index contributed by atoms with van der Waals surface area (Å²) in [5, 5.41) is 6.53. The largest absolute Gasteiger partial charge is 0.378 e. The predicted molar refractivity (Wildman–Crippen MR) is 120 cm³/mol. The first kappa shape index (κ1) is 22.4. The number of nitrogens with zero attached hydrogens (tertiary/aromatic N) is 3. The molecule has 1 aromatic carbocycles. The first-order chi connectivity index (χ1) is 14.5. The molecule has 2 aromatic rings. The van der Waals surface area contributed by atoms with Gasteiger partial charge in [-0.15, -0.1) is 0 Å². The van der Waals surface area contributed by atoms with Crippen LogP contribution in [0.15, 0.2) is 24.3 Å². The van der Waals surface area contributed by atoms with Crippen molar-refractivity contribution in [3.63, 3.8) is 0 Å². The Morgan fingerprint density at radius 1 is 1.07 bits per heavy atom. The van der Waals surface area contributed by atoms with Crippen LogP contribution in [0.2, 0.25) is 0 Å². The van der Waals surface area contributed by atoms with Crippen LogP contribution in [0.3, 0.4) is 0 Å². The van der Waals surface area contributed by atoms with E-state index in [-0.39, 0.29) is 11.5 Å². The first-order valence-corrected chi connectivity index (χ1v) is 10.7. The van der Waals surface area contributed by atoms with Crippen LogP contribution in [-0.2, 0) is 14.9 Å². The fraction of sp³-hybridized carbons (Fsp3) is 0.591. The van der Waals surface area contributed by atoms with Crippen molar-refractivity contribution in [1.29, 1.82) is 0 Å². The number of nitrogens with two attached hydrogens (primary N) is 1. The smallest absolute Gasteiger partial charge is 0.228 e. The molecule has 1 fully saturated rings. The zero-order valence-electron chi connectivity index (χ0n) is 18.3. The minimum absolute atomic E-state index is 0.0991. The molecule has 1 aliphatic rings. The lowest BCUT2D eigenvalue weighted by Crippen LogP contribution is -2.21. The predicted octanol–water partition coefficient (Wildman–Crippen LogP) is 2.81. The topological polar surface area (TPSA) is 107 Å². The molecule has 4 N–H and O–H groups in total. The van der Waals surface area contributed by atoms with Crippen LogP contribution < -0.4 is 16.4 Å². The molecule has 0 aliphatic carbocycles. The number of benzene rings is 1. The van der Waals surface area contributed by atoms with Gasteiger partial charge in [-0.2, -0.15) is 15.0 Å². The van der Waals surface area contributed by atoms with Crippen LogP contribution >= 0.6 is 0 Å². The van der Waals surface area contributed by atoms with Gasteiger partial charge in [0.25, 0.3) is 0 Å². The lowest BCUT2D eigenvalue weighted by molar-refractivity contribution is 0.120. The maximum atomic E-state index is 5.69. The highest BCUT2D eigenvalue weighted by Gasteiger charge is 2.17. The summed E-state index contributed by atoms with van der Waals surface area (Å²) in [5.41, 5.74) is 7.77. The lowest BCUT2D eigenvalue weighted by atomic mass is 9.87. The molecular weight excluding hydrogens is 380 g/mol. The zero-order valence-corrected chi connectivity index (χ0v) is 18.3. The molecule has 1 aromatic heterocycles. The Morgan fingerprint density at radius 2 is 1.80 bits per heavy atom. The quantitative estimate of drug-likeness (QED) is 0.510. The average Bonchev–Trinajstić information content (AvgIpc) is 3.25. The Morgan fingerprint density at radius 3 is 2.43 bits per heavy atom. The highest BCUT2D eigenvalue weighted by molar-refractivity contribution is 5.58. The highest BCUT2D eigenvalue weighted by atomic mass is 16.5. The molecule has 8 nitrogen and oxygen atoms in total. The van der Waals surface area contributed by atoms with Gasteiger partial charge >= 0.3 is 0 Å². The van der Waals surface area contributed by atoms with E-state index in [4.69, 9.17) is 15.2 Å². The van der Waals surface area contributed by atoms with Crippen LogP contribution in [0.4, 0.5) is 11.9 Å². The Balaban J connectivity index is 1.75. The van der Waals surface area contributed by atoms with Crippen molar-refractivity contribution >= 4 is 11.9 Å². The van der Waals surface area contributed by atoms with Gasteiger partial charge in [-0.3, -0.25) is 0 Å². The van der Waals surface area contributed by atoms with Crippen LogP contribution in [-0.4, -0.2) is 60.5 Å². The number of hydrogen-bond acceptors (Lipinski definition) is 8. The van der Waals surface area contributed by atoms with E-state index in [1.54, 1.807) is 0 Å². The van der Waals surface area contributed by atoms with Gasteiger partial charge < -0.3 is 25.8 Å². The summed E-state index contributed by atoms with van der Waals surface area (Å²) in [4.78, 5) is 13.8. The first-order valence-electron chi connectivity index (χ1n) is 10.7. The molecule has 1 unspecified atom stereocenters. The fourth-order valence-corrected chi connectivity index (χ4v) is 3.21. The molecule has 164 valence electrons. The van der Waals surface area contributed by atoms with Crippen molar-refractivity contribution in [3.8, 4) is 11.4 Å². The second kappa shape index (κ2) is 10.7. The Labute approximate surface area is 179 Å². The summed E-state index contributed by atoms with van der Waals surface area (Å²) < 4.78 is 11.1. The summed E-state index contributed by atoms with van der Waals surface area (Å²) in [6, 6.07) is 8.39. The molecular formula is C22H34N6O2. The van der Waals surface area contributed by atoms with E-state index >= 15 is 0 Å². The van der Waals surface area contributed by atoms with Gasteiger partial charge in [-0.1, -0.05) is 45.0 Å². The molecule has 0 amide bonds. The van der Waals surface area contributed by atoms with Crippen molar-refractivity contribution in [3.05, 3.63) is 29.8 Å². The summed E-state index contributed by atoms with van der Waals surface area (Å²) in [6.07, 6.45) is 2.37. The van der Waals surface area contributed by atoms with E-state index in [0.717, 1.165) is 25.0 Å². The minimum atomic E-state index is 0.0991. The monoisotopic (exact) mass is 414 g/mol. The number of aromatic nitrogens is 3. The highest BCUT2D eigenvalue weighted by Crippen LogP contribution is 2.25. The molecule has 1 atom stereocenters. The Bertz CT molecular complexity index is 785. The Hall–Kier alpha value is -2.29. The number of ether oxygens (including phenoxy) is 2. The van der Waals surface area contributed by atoms with Crippen LogP contribution in [0, 0.1) is 0 Å². The van der Waals surface area contributed by atoms with Gasteiger partial charge in [0, 0.05) is 31.8 Å². The van der Waals surface area contributed by atoms with Crippen molar-refractivity contribution in [2.24, 2.45) is 5.73 Å². The third kappa shape index (κ3) is 6.62. The maximum absolute atomic E-state index is 5.69. The fourth-order valence-electron chi connectivity index (χ4n) is 3.21. The number of rotatable bonds is 10. The average molecular weight is 415 g/mol. The van der Waals surface area contributed by atoms with Crippen LogP contribution in [0.25, 0.3) is 11.4 Å². The molecule has 8 heteroatoms. The van der Waals surface area contributed by atoms with E-state index in [1.807, 2.05) is 0 Å². The van der Waals surface area contributed by atoms with Crippen LogP contribution in [0.1, 0.15) is 39.2 Å². The molecule has 30 heavy (non-hydrogen) atoms. The molecule has 2 heterocycles. The van der Waals surface area contributed by atoms with Gasteiger partial charge in [0.15, 0.2) is 5.82 Å². The molecule has 0 radical (unpaired) electrons. The maximum Gasteiger partial charge on any atom is 0.228 e. The number of hydrogen-bond donors (Lipinski definition) is 3. The van der Waals surface area contributed by atoms with Crippen molar-refractivity contribution in [2.75, 3.05) is 50.1 Å². The van der Waals surface area contributed by atoms with Crippen molar-refractivity contribution in [1.82, 2.24) is 15.0 Å². The van der Waals surface area contributed by atoms with Gasteiger partial charge in [-0.05, 0) is 23.8 Å². The van der Waals surface area contributed by atoms with E-state index in [2.05, 4.69) is 70.6 Å². The normalized spacial score (nSPS) is 16.6. The molecule has 3 rings (SSSR count). The lowest BCUT2D eigenvalue weighted by Gasteiger charge is -2.19. The summed E-state index contributed by atoms with van der Waals surface area (Å²) in [6.45, 7) is 10.3. The van der Waals surface area contributed by atoms with Gasteiger partial charge in [0.1, 0.15) is 0 Å². The van der Waals surface area contributed by atoms with Crippen LogP contribution in [0.5, 0.6) is 0 Å². The number of nitrogens with one attached hydrogen (secondary N) is 2. The van der Waals surface area contributed by atoms with Gasteiger partial charge in [0.2, 0.25) is 11.9 Å². The minimum Gasteiger partial charge on any atom is -0.378 e. The molecule has 0 saturated carbocycles. The molecule has 1 aliphatic heterocycles. The Kier molecular flexibility index (Phi) is 7.95. The molecule has 1 saturated heterocycles. The molecule has 0 spiro atoms. The number of anilines is 2. The van der Waals surface area contributed by atoms with E-state index in [0.29, 0.717) is 50.6 Å². The van der Waals surface area contributed by atoms with E-state index in [1.165, 1.54) is 5.56 Å². The summed E-state index contributed by atoms with van der Waals surface area (Å²) in [5.74, 6) is 1.69. The third-order valence-electron chi connectivity index (χ3n) is 4.95. The van der Waals surface area contributed by atoms with Gasteiger partial charge in [-0.25, -0.2) is 0 Å². The summed E-state index contributed by atoms with van der Waals surface area (Å²) >= 11 is 0.